The predicted molar refractivity (Wildman–Crippen MR) is 81.7 cm³/mol. The molecule has 0 spiro atoms. The number of benzene rings is 1. The van der Waals surface area contributed by atoms with Crippen LogP contribution < -0.4 is 10.6 Å². The van der Waals surface area contributed by atoms with Crippen molar-refractivity contribution < 1.29 is 0 Å². The minimum absolute atomic E-state index is 1.09. The van der Waals surface area contributed by atoms with Crippen LogP contribution in [0, 0.1) is 6.92 Å². The van der Waals surface area contributed by atoms with Gasteiger partial charge in [-0.05, 0) is 50.5 Å². The van der Waals surface area contributed by atoms with Gasteiger partial charge in [-0.2, -0.15) is 0 Å². The fraction of sp³-hybridized carbons (Fsp3) is 0.625. The van der Waals surface area contributed by atoms with E-state index >= 15 is 0 Å². The van der Waals surface area contributed by atoms with E-state index in [0.29, 0.717) is 0 Å². The zero-order valence-corrected chi connectivity index (χ0v) is 12.1. The molecular weight excluding hydrogens is 234 g/mol. The van der Waals surface area contributed by atoms with Crippen molar-refractivity contribution in [2.45, 2.75) is 19.8 Å². The molecule has 1 heterocycles. The van der Waals surface area contributed by atoms with Crippen molar-refractivity contribution in [3.8, 4) is 0 Å². The lowest BCUT2D eigenvalue weighted by molar-refractivity contribution is 0.238. The molecule has 0 atom stereocenters. The lowest BCUT2D eigenvalue weighted by Crippen LogP contribution is -2.44. The molecule has 0 bridgehead atoms. The van der Waals surface area contributed by atoms with E-state index in [0.717, 1.165) is 32.6 Å². The summed E-state index contributed by atoms with van der Waals surface area (Å²) in [5.41, 5.74) is 2.88. The minimum atomic E-state index is 1.09. The van der Waals surface area contributed by atoms with E-state index in [1.165, 1.54) is 37.2 Å². The van der Waals surface area contributed by atoms with Gasteiger partial charge in [0.05, 0.1) is 0 Å². The van der Waals surface area contributed by atoms with Crippen LogP contribution in [-0.4, -0.2) is 50.7 Å². The molecule has 0 aliphatic carbocycles. The molecule has 0 amide bonds. The van der Waals surface area contributed by atoms with E-state index in [1.807, 2.05) is 0 Å². The Balaban J connectivity index is 1.51. The molecular formula is C16H27N3. The van der Waals surface area contributed by atoms with Gasteiger partial charge in [0.2, 0.25) is 0 Å². The molecule has 106 valence electrons. The molecule has 0 saturated carbocycles. The van der Waals surface area contributed by atoms with Gasteiger partial charge in [-0.1, -0.05) is 24.3 Å². The van der Waals surface area contributed by atoms with Crippen LogP contribution in [0.25, 0.3) is 0 Å². The fourth-order valence-corrected chi connectivity index (χ4v) is 2.60. The van der Waals surface area contributed by atoms with Crippen LogP contribution in [0.15, 0.2) is 24.3 Å². The summed E-state index contributed by atoms with van der Waals surface area (Å²) in [5, 5.41) is 6.95. The maximum Gasteiger partial charge on any atom is 0.0107 e. The average molecular weight is 261 g/mol. The number of hydrogen-bond donors (Lipinski definition) is 2. The summed E-state index contributed by atoms with van der Waals surface area (Å²) in [6.45, 7) is 10.4. The largest absolute Gasteiger partial charge is 0.316 e. The van der Waals surface area contributed by atoms with Crippen molar-refractivity contribution in [3.05, 3.63) is 35.4 Å². The van der Waals surface area contributed by atoms with Gasteiger partial charge in [0.25, 0.3) is 0 Å². The first kappa shape index (κ1) is 14.5. The van der Waals surface area contributed by atoms with Crippen molar-refractivity contribution in [1.82, 2.24) is 15.5 Å². The third-order valence-electron chi connectivity index (χ3n) is 3.87. The second kappa shape index (κ2) is 8.31. The molecule has 1 aromatic rings. The summed E-state index contributed by atoms with van der Waals surface area (Å²) in [6, 6.07) is 8.67. The monoisotopic (exact) mass is 261 g/mol. The topological polar surface area (TPSA) is 27.3 Å². The Hall–Kier alpha value is -0.900. The average Bonchev–Trinajstić information content (AvgIpc) is 2.45. The van der Waals surface area contributed by atoms with Crippen LogP contribution in [0.3, 0.4) is 0 Å². The number of nitrogens with zero attached hydrogens (tertiary/aromatic N) is 1. The number of hydrogen-bond acceptors (Lipinski definition) is 3. The molecule has 1 aliphatic rings. The van der Waals surface area contributed by atoms with E-state index in [2.05, 4.69) is 46.7 Å². The van der Waals surface area contributed by atoms with E-state index < -0.39 is 0 Å². The van der Waals surface area contributed by atoms with Gasteiger partial charge >= 0.3 is 0 Å². The highest BCUT2D eigenvalue weighted by Crippen LogP contribution is 2.06. The van der Waals surface area contributed by atoms with Gasteiger partial charge in [0.1, 0.15) is 0 Å². The Morgan fingerprint density at radius 2 is 1.95 bits per heavy atom. The van der Waals surface area contributed by atoms with Gasteiger partial charge in [-0.25, -0.2) is 0 Å². The summed E-state index contributed by atoms with van der Waals surface area (Å²) in [4.78, 5) is 2.56. The smallest absolute Gasteiger partial charge is 0.0107 e. The number of aryl methyl sites for hydroxylation is 1. The third kappa shape index (κ3) is 5.31. The highest BCUT2D eigenvalue weighted by atomic mass is 15.2. The quantitative estimate of drug-likeness (QED) is 0.727. The van der Waals surface area contributed by atoms with Gasteiger partial charge in [0, 0.05) is 26.2 Å². The summed E-state index contributed by atoms with van der Waals surface area (Å²) in [7, 11) is 0. The Morgan fingerprint density at radius 1 is 1.16 bits per heavy atom. The molecule has 3 heteroatoms. The first-order chi connectivity index (χ1) is 9.36. The van der Waals surface area contributed by atoms with E-state index in [4.69, 9.17) is 0 Å². The van der Waals surface area contributed by atoms with Crippen LogP contribution in [-0.2, 0) is 6.42 Å². The number of rotatable bonds is 7. The van der Waals surface area contributed by atoms with Crippen LogP contribution in [0.2, 0.25) is 0 Å². The van der Waals surface area contributed by atoms with Crippen molar-refractivity contribution >= 4 is 0 Å². The minimum Gasteiger partial charge on any atom is -0.316 e. The molecule has 19 heavy (non-hydrogen) atoms. The molecule has 1 aliphatic heterocycles. The molecule has 1 aromatic carbocycles. The maximum atomic E-state index is 3.56. The Kier molecular flexibility index (Phi) is 6.34. The Labute approximate surface area is 117 Å². The lowest BCUT2D eigenvalue weighted by Gasteiger charge is -2.27. The first-order valence-corrected chi connectivity index (χ1v) is 7.54. The van der Waals surface area contributed by atoms with Crippen LogP contribution in [0.4, 0.5) is 0 Å². The Bertz CT molecular complexity index is 359. The van der Waals surface area contributed by atoms with Gasteiger partial charge < -0.3 is 15.5 Å². The molecule has 3 nitrogen and oxygen atoms in total. The van der Waals surface area contributed by atoms with Gasteiger partial charge in [-0.15, -0.1) is 0 Å². The zero-order chi connectivity index (χ0) is 13.3. The molecule has 0 radical (unpaired) electrons. The summed E-state index contributed by atoms with van der Waals surface area (Å²) >= 11 is 0. The van der Waals surface area contributed by atoms with E-state index in [9.17, 15) is 0 Å². The van der Waals surface area contributed by atoms with Crippen LogP contribution >= 0.6 is 0 Å². The van der Waals surface area contributed by atoms with Gasteiger partial charge in [0.15, 0.2) is 0 Å². The number of piperazine rings is 1. The second-order valence-corrected chi connectivity index (χ2v) is 5.37. The normalized spacial score (nSPS) is 16.7. The van der Waals surface area contributed by atoms with Crippen LogP contribution in [0.1, 0.15) is 17.5 Å². The molecule has 0 aromatic heterocycles. The summed E-state index contributed by atoms with van der Waals surface area (Å²) in [5.74, 6) is 0. The molecule has 0 unspecified atom stereocenters. The molecule has 2 rings (SSSR count). The van der Waals surface area contributed by atoms with Crippen molar-refractivity contribution in [1.29, 1.82) is 0 Å². The predicted octanol–water partition coefficient (Wildman–Crippen LogP) is 1.42. The molecule has 1 saturated heterocycles. The zero-order valence-electron chi connectivity index (χ0n) is 12.1. The first-order valence-electron chi connectivity index (χ1n) is 7.54. The fourth-order valence-electron chi connectivity index (χ4n) is 2.60. The Morgan fingerprint density at radius 3 is 2.74 bits per heavy atom. The SMILES string of the molecule is Cc1ccccc1CCNCCCN1CCNCC1. The lowest BCUT2D eigenvalue weighted by atomic mass is 10.1. The van der Waals surface area contributed by atoms with E-state index in [1.54, 1.807) is 0 Å². The van der Waals surface area contributed by atoms with Crippen molar-refractivity contribution in [2.75, 3.05) is 45.8 Å². The highest BCUT2D eigenvalue weighted by molar-refractivity contribution is 5.25. The molecule has 2 N–H and O–H groups in total. The van der Waals surface area contributed by atoms with Crippen molar-refractivity contribution in [2.24, 2.45) is 0 Å². The van der Waals surface area contributed by atoms with Crippen LogP contribution in [0.5, 0.6) is 0 Å². The summed E-state index contributed by atoms with van der Waals surface area (Å²) < 4.78 is 0. The second-order valence-electron chi connectivity index (χ2n) is 5.37. The summed E-state index contributed by atoms with van der Waals surface area (Å²) in [6.07, 6.45) is 2.40. The molecule has 1 fully saturated rings. The third-order valence-corrected chi connectivity index (χ3v) is 3.87. The van der Waals surface area contributed by atoms with Gasteiger partial charge in [-0.3, -0.25) is 0 Å². The van der Waals surface area contributed by atoms with Crippen molar-refractivity contribution in [3.63, 3.8) is 0 Å². The highest BCUT2D eigenvalue weighted by Gasteiger charge is 2.07. The maximum absolute atomic E-state index is 3.56. The standard InChI is InChI=1S/C16H27N3/c1-15-5-2-3-6-16(15)7-9-17-8-4-12-19-13-10-18-11-14-19/h2-3,5-6,17-18H,4,7-14H2,1H3. The van der Waals surface area contributed by atoms with E-state index in [-0.39, 0.29) is 0 Å². The number of nitrogens with one attached hydrogen (secondary N) is 2.